The molecule has 5 aromatic rings. The number of anilines is 2. The Hall–Kier alpha value is -5.20. The fraction of sp³-hybridized carbons (Fsp3) is 0.242. The predicted octanol–water partition coefficient (Wildman–Crippen LogP) is 8.20. The van der Waals surface area contributed by atoms with Crippen LogP contribution in [0.5, 0.6) is 0 Å². The van der Waals surface area contributed by atoms with Gasteiger partial charge in [0.1, 0.15) is 17.6 Å². The van der Waals surface area contributed by atoms with E-state index in [9.17, 15) is 29.5 Å². The first-order chi connectivity index (χ1) is 22.5. The third-order valence-electron chi connectivity index (χ3n) is 7.95. The lowest BCUT2D eigenvalue weighted by molar-refractivity contribution is -0.182. The van der Waals surface area contributed by atoms with Crippen LogP contribution >= 0.6 is 11.6 Å². The van der Waals surface area contributed by atoms with Crippen molar-refractivity contribution in [2.75, 3.05) is 10.6 Å². The zero-order valence-corrected chi connectivity index (χ0v) is 24.7. The fourth-order valence-corrected chi connectivity index (χ4v) is 5.62. The van der Waals surface area contributed by atoms with Crippen LogP contribution in [0.25, 0.3) is 10.9 Å². The summed E-state index contributed by atoms with van der Waals surface area (Å²) >= 11 is 6.71. The lowest BCUT2D eigenvalue weighted by Gasteiger charge is -2.23. The summed E-state index contributed by atoms with van der Waals surface area (Å²) in [6, 6.07) is 19.3. The lowest BCUT2D eigenvalue weighted by atomic mass is 10.00. The van der Waals surface area contributed by atoms with Crippen LogP contribution in [0.15, 0.2) is 79.1 Å². The zero-order chi connectivity index (χ0) is 33.4. The van der Waals surface area contributed by atoms with Crippen LogP contribution in [0.1, 0.15) is 61.5 Å². The Morgan fingerprint density at radius 3 is 2.43 bits per heavy atom. The second-order valence-electron chi connectivity index (χ2n) is 10.9. The molecule has 13 heteroatoms. The predicted molar refractivity (Wildman–Crippen MR) is 164 cm³/mol. The molecule has 1 aliphatic rings. The van der Waals surface area contributed by atoms with E-state index < -0.39 is 23.6 Å². The van der Waals surface area contributed by atoms with Crippen LogP contribution in [0.3, 0.4) is 0 Å². The standard InChI is InChI=1S/C33H25ClF4N8/c34-26-16-24(15-25-29(22(17-40)18-41-31(25)26)43-27(7-4-14-39)20-5-2-1-3-6-20)42-30(21-8-10-23(35)11-9-21)28-19-46(45-44-28)32(12-13-32)33(36,37)38/h1-3,5-6,8-11,15-16,18-19,27,30,42H,4,7,12-13H2,(H,41,43)/t27-,30-/m1/s1/i30D. The molecule has 1 fully saturated rings. The quantitative estimate of drug-likeness (QED) is 0.147. The molecule has 3 aromatic carbocycles. The van der Waals surface area contributed by atoms with Gasteiger partial charge in [0.2, 0.25) is 0 Å². The molecule has 0 unspecified atom stereocenters. The number of fused-ring (bicyclic) bond motifs is 1. The number of benzene rings is 3. The molecule has 1 saturated carbocycles. The van der Waals surface area contributed by atoms with E-state index in [-0.39, 0.29) is 52.8 Å². The van der Waals surface area contributed by atoms with Gasteiger partial charge < -0.3 is 10.6 Å². The van der Waals surface area contributed by atoms with Gasteiger partial charge in [0.05, 0.1) is 47.5 Å². The van der Waals surface area contributed by atoms with Gasteiger partial charge in [0.25, 0.3) is 0 Å². The molecule has 0 aliphatic heterocycles. The van der Waals surface area contributed by atoms with Gasteiger partial charge in [0, 0.05) is 23.7 Å². The average Bonchev–Trinajstić information content (AvgIpc) is 3.73. The Kier molecular flexibility index (Phi) is 7.89. The first-order valence-electron chi connectivity index (χ1n) is 14.7. The molecule has 0 amide bonds. The monoisotopic (exact) mass is 645 g/mol. The molecule has 232 valence electrons. The highest BCUT2D eigenvalue weighted by Gasteiger charge is 2.66. The molecule has 1 aliphatic carbocycles. The van der Waals surface area contributed by atoms with E-state index >= 15 is 0 Å². The maximum absolute atomic E-state index is 13.9. The smallest absolute Gasteiger partial charge is 0.377 e. The van der Waals surface area contributed by atoms with Crippen LogP contribution < -0.4 is 10.6 Å². The van der Waals surface area contributed by atoms with Crippen molar-refractivity contribution >= 4 is 33.9 Å². The van der Waals surface area contributed by atoms with Crippen molar-refractivity contribution in [2.45, 2.75) is 49.5 Å². The second-order valence-corrected chi connectivity index (χ2v) is 11.3. The summed E-state index contributed by atoms with van der Waals surface area (Å²) in [5.41, 5.74) is -0.149. The van der Waals surface area contributed by atoms with Gasteiger partial charge in [-0.05, 0) is 54.7 Å². The van der Waals surface area contributed by atoms with E-state index in [1.54, 1.807) is 6.07 Å². The molecule has 0 spiro atoms. The summed E-state index contributed by atoms with van der Waals surface area (Å²) in [6.07, 6.45) is -1.79. The second kappa shape index (κ2) is 12.3. The number of hydrogen-bond acceptors (Lipinski definition) is 7. The Labute approximate surface area is 267 Å². The van der Waals surface area contributed by atoms with Gasteiger partial charge in [-0.1, -0.05) is 59.3 Å². The zero-order valence-electron chi connectivity index (χ0n) is 25.0. The van der Waals surface area contributed by atoms with Gasteiger partial charge in [-0.3, -0.25) is 4.98 Å². The van der Waals surface area contributed by atoms with Crippen LogP contribution in [-0.4, -0.2) is 26.2 Å². The molecular formula is C33H25ClF4N8. The summed E-state index contributed by atoms with van der Waals surface area (Å²) < 4.78 is 65.9. The minimum Gasteiger partial charge on any atom is -0.377 e. The number of hydrogen-bond donors (Lipinski definition) is 2. The Morgan fingerprint density at radius 2 is 1.78 bits per heavy atom. The number of alkyl halides is 3. The number of aromatic nitrogens is 4. The van der Waals surface area contributed by atoms with Gasteiger partial charge in [-0.15, -0.1) is 5.10 Å². The molecule has 2 atom stereocenters. The maximum Gasteiger partial charge on any atom is 0.413 e. The van der Waals surface area contributed by atoms with Crippen molar-refractivity contribution in [1.29, 1.82) is 10.5 Å². The van der Waals surface area contributed by atoms with Gasteiger partial charge >= 0.3 is 6.18 Å². The minimum atomic E-state index is -4.57. The third kappa shape index (κ3) is 5.92. The van der Waals surface area contributed by atoms with E-state index in [1.807, 2.05) is 30.3 Å². The highest BCUT2D eigenvalue weighted by Crippen LogP contribution is 2.55. The average molecular weight is 646 g/mol. The Bertz CT molecular complexity index is 2020. The number of halogens is 5. The van der Waals surface area contributed by atoms with Gasteiger partial charge in [-0.25, -0.2) is 9.07 Å². The van der Waals surface area contributed by atoms with Crippen molar-refractivity contribution in [3.05, 3.63) is 112 Å². The molecule has 46 heavy (non-hydrogen) atoms. The largest absolute Gasteiger partial charge is 0.413 e. The fourth-order valence-electron chi connectivity index (χ4n) is 5.36. The van der Waals surface area contributed by atoms with Crippen molar-refractivity contribution in [3.8, 4) is 12.1 Å². The van der Waals surface area contributed by atoms with Crippen molar-refractivity contribution in [2.24, 2.45) is 0 Å². The molecule has 8 nitrogen and oxygen atoms in total. The van der Waals surface area contributed by atoms with Crippen molar-refractivity contribution in [3.63, 3.8) is 0 Å². The summed E-state index contributed by atoms with van der Waals surface area (Å²) in [6.45, 7) is 0. The SMILES string of the molecule is [2H][C@@](Nc1cc(Cl)c2ncc(C#N)c(N[C@H](CCC#N)c3ccccc3)c2c1)(c1ccc(F)cc1)c1cn(C2(C(F)(F)F)CC2)nn1. The van der Waals surface area contributed by atoms with Crippen LogP contribution in [0.4, 0.5) is 28.9 Å². The first-order valence-corrected chi connectivity index (χ1v) is 14.6. The summed E-state index contributed by atoms with van der Waals surface area (Å²) in [7, 11) is 0. The number of nitrogens with one attached hydrogen (secondary N) is 2. The molecular weight excluding hydrogens is 620 g/mol. The van der Waals surface area contributed by atoms with E-state index in [0.717, 1.165) is 28.6 Å². The molecule has 0 radical (unpaired) electrons. The molecule has 2 heterocycles. The topological polar surface area (TPSA) is 115 Å². The maximum atomic E-state index is 13.9. The number of rotatable bonds is 10. The minimum absolute atomic E-state index is 0.157. The number of pyridine rings is 1. The Morgan fingerprint density at radius 1 is 1.04 bits per heavy atom. The molecule has 6 rings (SSSR count). The summed E-state index contributed by atoms with van der Waals surface area (Å²) in [5.74, 6) is -0.572. The van der Waals surface area contributed by atoms with Crippen LogP contribution in [-0.2, 0) is 5.54 Å². The van der Waals surface area contributed by atoms with Crippen LogP contribution in [0, 0.1) is 28.5 Å². The Balaban J connectivity index is 1.46. The van der Waals surface area contributed by atoms with Crippen LogP contribution in [0.2, 0.25) is 5.02 Å². The van der Waals surface area contributed by atoms with E-state index in [4.69, 9.17) is 11.6 Å². The normalized spacial score (nSPS) is 16.0. The molecule has 2 N–H and O–H groups in total. The highest BCUT2D eigenvalue weighted by molar-refractivity contribution is 6.35. The number of nitriles is 2. The van der Waals surface area contributed by atoms with Gasteiger partial charge in [0.15, 0.2) is 5.54 Å². The summed E-state index contributed by atoms with van der Waals surface area (Å²) in [4.78, 5) is 4.38. The summed E-state index contributed by atoms with van der Waals surface area (Å²) in [5, 5.41) is 34.1. The highest BCUT2D eigenvalue weighted by atomic mass is 35.5. The lowest BCUT2D eigenvalue weighted by Crippen LogP contribution is -2.35. The molecule has 0 saturated heterocycles. The van der Waals surface area contributed by atoms with E-state index in [1.165, 1.54) is 24.4 Å². The van der Waals surface area contributed by atoms with E-state index in [2.05, 4.69) is 38.1 Å². The van der Waals surface area contributed by atoms with Crippen molar-refractivity contribution in [1.82, 2.24) is 20.0 Å². The molecule has 2 aromatic heterocycles. The third-order valence-corrected chi connectivity index (χ3v) is 8.24. The number of nitrogens with zero attached hydrogens (tertiary/aromatic N) is 6. The van der Waals surface area contributed by atoms with Crippen molar-refractivity contribution < 1.29 is 18.9 Å². The first kappa shape index (κ1) is 29.5. The van der Waals surface area contributed by atoms with Gasteiger partial charge in [-0.2, -0.15) is 23.7 Å². The molecule has 0 bridgehead atoms. The van der Waals surface area contributed by atoms with E-state index in [0.29, 0.717) is 23.0 Å².